The fourth-order valence-electron chi connectivity index (χ4n) is 8.51. The lowest BCUT2D eigenvalue weighted by atomic mass is 9.98. The zero-order valence-electron chi connectivity index (χ0n) is 26.2. The molecule has 2 aromatic carbocycles. The molecule has 0 radical (unpaired) electrons. The van der Waals surface area contributed by atoms with Crippen molar-refractivity contribution in [2.45, 2.75) is 64.2 Å². The number of methoxy groups -OCH3 is 1. The van der Waals surface area contributed by atoms with Crippen molar-refractivity contribution in [2.75, 3.05) is 26.7 Å². The van der Waals surface area contributed by atoms with Gasteiger partial charge in [0, 0.05) is 73.1 Å². The Hall–Kier alpha value is -3.85. The quantitative estimate of drug-likeness (QED) is 0.312. The molecule has 4 heterocycles. The summed E-state index contributed by atoms with van der Waals surface area (Å²) in [6.45, 7) is 6.12. The average molecular weight is 607 g/mol. The summed E-state index contributed by atoms with van der Waals surface area (Å²) < 4.78 is 10.8. The van der Waals surface area contributed by atoms with Gasteiger partial charge in [-0.2, -0.15) is 0 Å². The maximum absolute atomic E-state index is 13.9. The summed E-state index contributed by atoms with van der Waals surface area (Å²) in [4.78, 5) is 36.1. The monoisotopic (exact) mass is 606 g/mol. The van der Waals surface area contributed by atoms with Crippen molar-refractivity contribution >= 4 is 33.8 Å². The minimum absolute atomic E-state index is 0.0132. The number of carbonyl (C=O) groups excluding carboxylic acids is 2. The number of imidazole rings is 1. The summed E-state index contributed by atoms with van der Waals surface area (Å²) in [5, 5.41) is 1.20. The molecule has 2 aliphatic heterocycles. The third kappa shape index (κ3) is 4.41. The van der Waals surface area contributed by atoms with E-state index in [9.17, 15) is 9.59 Å². The summed E-state index contributed by atoms with van der Waals surface area (Å²) in [7, 11) is 1.68. The van der Waals surface area contributed by atoms with Gasteiger partial charge < -0.3 is 29.4 Å². The predicted octanol–water partition coefficient (Wildman–Crippen LogP) is 4.75. The first-order valence-electron chi connectivity index (χ1n) is 16.9. The molecule has 5 aliphatic rings. The number of amides is 2. The van der Waals surface area contributed by atoms with Crippen LogP contribution < -0.4 is 10.5 Å². The number of para-hydroxylation sites is 1. The Balaban J connectivity index is 1.14. The van der Waals surface area contributed by atoms with E-state index in [2.05, 4.69) is 46.4 Å². The van der Waals surface area contributed by atoms with E-state index < -0.39 is 0 Å². The van der Waals surface area contributed by atoms with Crippen molar-refractivity contribution in [3.63, 3.8) is 0 Å². The number of fused-ring (bicyclic) bond motifs is 4. The number of aromatic nitrogens is 3. The number of carbonyl (C=O) groups is 2. The number of ether oxygens (including phenoxy) is 1. The molecule has 9 nitrogen and oxygen atoms in total. The maximum Gasteiger partial charge on any atom is 0.254 e. The van der Waals surface area contributed by atoms with E-state index in [1.807, 2.05) is 21.9 Å². The number of hydrogen-bond donors (Lipinski definition) is 1. The Morgan fingerprint density at radius 1 is 0.978 bits per heavy atom. The van der Waals surface area contributed by atoms with Crippen LogP contribution in [0.5, 0.6) is 5.75 Å². The van der Waals surface area contributed by atoms with Gasteiger partial charge in [-0.15, -0.1) is 0 Å². The van der Waals surface area contributed by atoms with Gasteiger partial charge in [0.05, 0.1) is 18.3 Å². The van der Waals surface area contributed by atoms with E-state index >= 15 is 0 Å². The smallest absolute Gasteiger partial charge is 0.254 e. The molecule has 2 N–H and O–H groups in total. The zero-order chi connectivity index (χ0) is 30.6. The standard InChI is InChI=1S/C36H42N6O3/c1-20-11-26(20)36(44)39-15-22(16-39)18-42-33-27(12-25(14-31(33)45-2)35(43)41-19-24-9-10-29(41)32(24)37)38-34(42)30-13-23-5-3-4-6-28(23)40(30)17-21-7-8-21/h3-6,12-14,20-22,24,26,29,32H,7-11,15-19,37H2,1-2H3/t20-,24?,26-,29?,32+/m0/s1. The van der Waals surface area contributed by atoms with Crippen molar-refractivity contribution < 1.29 is 14.3 Å². The van der Waals surface area contributed by atoms with Gasteiger partial charge in [-0.05, 0) is 74.1 Å². The van der Waals surface area contributed by atoms with Gasteiger partial charge in [-0.3, -0.25) is 9.59 Å². The van der Waals surface area contributed by atoms with Gasteiger partial charge in [-0.1, -0.05) is 25.1 Å². The minimum atomic E-state index is 0.0132. The summed E-state index contributed by atoms with van der Waals surface area (Å²) in [5.41, 5.74) is 11.1. The number of benzene rings is 2. The molecule has 0 spiro atoms. The Morgan fingerprint density at radius 2 is 1.76 bits per heavy atom. The maximum atomic E-state index is 13.9. The molecule has 2 saturated heterocycles. The molecule has 234 valence electrons. The van der Waals surface area contributed by atoms with Crippen molar-refractivity contribution in [3.05, 3.63) is 48.0 Å². The number of hydrogen-bond acceptors (Lipinski definition) is 5. The molecule has 9 heteroatoms. The fourth-order valence-corrected chi connectivity index (χ4v) is 8.51. The van der Waals surface area contributed by atoms with Crippen molar-refractivity contribution in [1.82, 2.24) is 23.9 Å². The van der Waals surface area contributed by atoms with E-state index in [0.29, 0.717) is 40.9 Å². The van der Waals surface area contributed by atoms with E-state index in [1.165, 1.54) is 23.7 Å². The topological polar surface area (TPSA) is 98.6 Å². The van der Waals surface area contributed by atoms with E-state index in [4.69, 9.17) is 15.5 Å². The van der Waals surface area contributed by atoms with E-state index in [1.54, 1.807) is 7.11 Å². The lowest BCUT2D eigenvalue weighted by Crippen LogP contribution is -2.52. The van der Waals surface area contributed by atoms with Crippen LogP contribution in [0.15, 0.2) is 42.5 Å². The summed E-state index contributed by atoms with van der Waals surface area (Å²) in [5.74, 6) is 4.02. The van der Waals surface area contributed by atoms with E-state index in [0.717, 1.165) is 74.5 Å². The van der Waals surface area contributed by atoms with Crippen LogP contribution in [0.1, 0.15) is 49.4 Å². The fraction of sp³-hybridized carbons (Fsp3) is 0.528. The largest absolute Gasteiger partial charge is 0.494 e. The molecule has 5 atom stereocenters. The Kier molecular flexibility index (Phi) is 6.15. The second-order valence-electron chi connectivity index (χ2n) is 14.6. The van der Waals surface area contributed by atoms with Gasteiger partial charge in [0.2, 0.25) is 5.91 Å². The van der Waals surface area contributed by atoms with Crippen LogP contribution >= 0.6 is 0 Å². The Morgan fingerprint density at radius 3 is 2.44 bits per heavy atom. The summed E-state index contributed by atoms with van der Waals surface area (Å²) in [6.07, 6.45) is 5.61. The molecule has 5 fully saturated rings. The molecule has 2 amide bonds. The first-order chi connectivity index (χ1) is 21.9. The molecular weight excluding hydrogens is 564 g/mol. The second-order valence-corrected chi connectivity index (χ2v) is 14.6. The SMILES string of the molecule is COc1cc(C(=O)N2CC3CCC2[C@@H]3N)cc2nc(-c3cc4ccccc4n3CC3CC3)n(CC3CN(C(=O)[C@H]4C[C@@H]4C)C3)c12. The van der Waals surface area contributed by atoms with Crippen LogP contribution in [-0.4, -0.2) is 74.6 Å². The van der Waals surface area contributed by atoms with Crippen LogP contribution in [0.3, 0.4) is 0 Å². The molecule has 3 aliphatic carbocycles. The van der Waals surface area contributed by atoms with Gasteiger partial charge in [0.15, 0.2) is 5.82 Å². The highest BCUT2D eigenvalue weighted by Gasteiger charge is 2.47. The lowest BCUT2D eigenvalue weighted by Gasteiger charge is -2.40. The Labute approximate surface area is 263 Å². The lowest BCUT2D eigenvalue weighted by molar-refractivity contribution is -0.139. The third-order valence-electron chi connectivity index (χ3n) is 11.5. The molecule has 4 aromatic rings. The Bertz CT molecular complexity index is 1850. The minimum Gasteiger partial charge on any atom is -0.494 e. The highest BCUT2D eigenvalue weighted by molar-refractivity contribution is 6.00. The van der Waals surface area contributed by atoms with Gasteiger partial charge in [0.25, 0.3) is 5.91 Å². The van der Waals surface area contributed by atoms with Crippen LogP contribution in [0.2, 0.25) is 0 Å². The zero-order valence-corrected chi connectivity index (χ0v) is 26.2. The van der Waals surface area contributed by atoms with E-state index in [-0.39, 0.29) is 23.9 Å². The second kappa shape index (κ2) is 10.1. The average Bonchev–Trinajstić information content (AvgIpc) is 3.85. The number of piperidine rings is 1. The number of nitrogens with zero attached hydrogens (tertiary/aromatic N) is 5. The molecule has 2 unspecified atom stereocenters. The number of likely N-dealkylation sites (tertiary alicyclic amines) is 2. The molecule has 2 bridgehead atoms. The van der Waals surface area contributed by atoms with Crippen LogP contribution in [0, 0.1) is 29.6 Å². The van der Waals surface area contributed by atoms with Gasteiger partial charge >= 0.3 is 0 Å². The van der Waals surface area contributed by atoms with Crippen molar-refractivity contribution in [3.8, 4) is 17.3 Å². The highest BCUT2D eigenvalue weighted by Crippen LogP contribution is 2.43. The molecule has 2 aromatic heterocycles. The highest BCUT2D eigenvalue weighted by atomic mass is 16.5. The van der Waals surface area contributed by atoms with Crippen LogP contribution in [0.4, 0.5) is 0 Å². The first-order valence-corrected chi connectivity index (χ1v) is 16.9. The first kappa shape index (κ1) is 27.5. The summed E-state index contributed by atoms with van der Waals surface area (Å²) in [6, 6.07) is 14.9. The molecule has 9 rings (SSSR count). The van der Waals surface area contributed by atoms with Crippen molar-refractivity contribution in [1.29, 1.82) is 0 Å². The normalized spacial score (nSPS) is 27.5. The number of rotatable bonds is 8. The van der Waals surface area contributed by atoms with Crippen LogP contribution in [-0.2, 0) is 17.9 Å². The van der Waals surface area contributed by atoms with Crippen molar-refractivity contribution in [2.24, 2.45) is 35.3 Å². The van der Waals surface area contributed by atoms with Gasteiger partial charge in [0.1, 0.15) is 11.3 Å². The van der Waals surface area contributed by atoms with Gasteiger partial charge in [-0.25, -0.2) is 4.98 Å². The molecular formula is C36H42N6O3. The third-order valence-corrected chi connectivity index (χ3v) is 11.5. The molecule has 3 saturated carbocycles. The number of nitrogens with two attached hydrogens (primary N) is 1. The van der Waals surface area contributed by atoms with Crippen LogP contribution in [0.25, 0.3) is 33.5 Å². The molecule has 45 heavy (non-hydrogen) atoms. The predicted molar refractivity (Wildman–Crippen MR) is 173 cm³/mol. The summed E-state index contributed by atoms with van der Waals surface area (Å²) >= 11 is 0.